The van der Waals surface area contributed by atoms with Crippen LogP contribution >= 0.6 is 0 Å². The van der Waals surface area contributed by atoms with Crippen molar-refractivity contribution in [2.24, 2.45) is 0 Å². The first-order valence-electron chi connectivity index (χ1n) is 9.38. The van der Waals surface area contributed by atoms with E-state index in [9.17, 15) is 19.8 Å². The van der Waals surface area contributed by atoms with E-state index in [1.54, 1.807) is 42.5 Å². The highest BCUT2D eigenvalue weighted by Crippen LogP contribution is 2.43. The fraction of sp³-hybridized carbons (Fsp3) is 0.0833. The molecule has 0 aliphatic carbocycles. The molecule has 1 aliphatic rings. The second-order valence-corrected chi connectivity index (χ2v) is 7.21. The quantitative estimate of drug-likeness (QED) is 0.384. The second-order valence-electron chi connectivity index (χ2n) is 7.21. The highest BCUT2D eigenvalue weighted by Gasteiger charge is 2.32. The third-order valence-corrected chi connectivity index (χ3v) is 5.33. The molecule has 2 N–H and O–H groups in total. The van der Waals surface area contributed by atoms with Crippen molar-refractivity contribution in [1.29, 1.82) is 0 Å². The average molecular weight is 400 g/mol. The second kappa shape index (κ2) is 6.77. The van der Waals surface area contributed by atoms with Crippen LogP contribution in [0.25, 0.3) is 22.1 Å². The molecule has 0 bridgehead atoms. The summed E-state index contributed by atoms with van der Waals surface area (Å²) >= 11 is 0. The maximum atomic E-state index is 13.2. The van der Waals surface area contributed by atoms with Crippen molar-refractivity contribution >= 4 is 16.9 Å². The molecule has 0 spiro atoms. The van der Waals surface area contributed by atoms with Crippen LogP contribution < -0.4 is 10.2 Å². The van der Waals surface area contributed by atoms with Crippen LogP contribution in [-0.2, 0) is 4.79 Å². The van der Waals surface area contributed by atoms with Crippen LogP contribution in [0.4, 0.5) is 0 Å². The fourth-order valence-electron chi connectivity index (χ4n) is 3.92. The van der Waals surface area contributed by atoms with Crippen molar-refractivity contribution in [3.05, 3.63) is 88.3 Å². The summed E-state index contributed by atoms with van der Waals surface area (Å²) in [7, 11) is 0. The van der Waals surface area contributed by atoms with E-state index in [-0.39, 0.29) is 23.3 Å². The van der Waals surface area contributed by atoms with Crippen LogP contribution in [0.1, 0.15) is 23.5 Å². The lowest BCUT2D eigenvalue weighted by Crippen LogP contribution is -2.22. The predicted octanol–water partition coefficient (Wildman–Crippen LogP) is 4.31. The molecule has 1 atom stereocenters. The first-order chi connectivity index (χ1) is 14.5. The number of carbonyl (C=O) groups excluding carboxylic acids is 1. The number of benzene rings is 3. The van der Waals surface area contributed by atoms with Crippen molar-refractivity contribution in [1.82, 2.24) is 0 Å². The van der Waals surface area contributed by atoms with Crippen LogP contribution in [0.3, 0.4) is 0 Å². The van der Waals surface area contributed by atoms with Gasteiger partial charge in [0.15, 0.2) is 0 Å². The number of esters is 1. The molecular formula is C24H16O6. The molecule has 1 aliphatic heterocycles. The van der Waals surface area contributed by atoms with Gasteiger partial charge in [0, 0.05) is 11.5 Å². The zero-order valence-electron chi connectivity index (χ0n) is 15.7. The van der Waals surface area contributed by atoms with E-state index in [0.717, 1.165) is 5.56 Å². The van der Waals surface area contributed by atoms with Gasteiger partial charge in [-0.2, -0.15) is 0 Å². The van der Waals surface area contributed by atoms with Crippen molar-refractivity contribution in [3.8, 4) is 28.4 Å². The van der Waals surface area contributed by atoms with Gasteiger partial charge in [0.25, 0.3) is 0 Å². The highest BCUT2D eigenvalue weighted by atomic mass is 16.5. The van der Waals surface area contributed by atoms with Gasteiger partial charge in [0.1, 0.15) is 29.1 Å². The Balaban J connectivity index is 1.74. The van der Waals surface area contributed by atoms with Crippen molar-refractivity contribution in [3.63, 3.8) is 0 Å². The Morgan fingerprint density at radius 2 is 1.70 bits per heavy atom. The number of aromatic hydroxyl groups is 2. The number of fused-ring (bicyclic) bond motifs is 3. The van der Waals surface area contributed by atoms with E-state index in [1.807, 2.05) is 6.07 Å². The first kappa shape index (κ1) is 18.0. The molecular weight excluding hydrogens is 384 g/mol. The summed E-state index contributed by atoms with van der Waals surface area (Å²) in [6, 6.07) is 16.1. The molecule has 2 heterocycles. The molecule has 30 heavy (non-hydrogen) atoms. The predicted molar refractivity (Wildman–Crippen MR) is 110 cm³/mol. The summed E-state index contributed by atoms with van der Waals surface area (Å²) in [6.07, 6.45) is 1.45. The van der Waals surface area contributed by atoms with Gasteiger partial charge in [0.2, 0.25) is 5.43 Å². The van der Waals surface area contributed by atoms with Gasteiger partial charge >= 0.3 is 5.97 Å². The molecule has 148 valence electrons. The van der Waals surface area contributed by atoms with Crippen LogP contribution in [0, 0.1) is 0 Å². The van der Waals surface area contributed by atoms with E-state index in [1.165, 1.54) is 18.4 Å². The normalized spacial score (nSPS) is 15.6. The monoisotopic (exact) mass is 400 g/mol. The maximum Gasteiger partial charge on any atom is 0.312 e. The van der Waals surface area contributed by atoms with Crippen molar-refractivity contribution < 1.29 is 24.2 Å². The largest absolute Gasteiger partial charge is 0.508 e. The van der Waals surface area contributed by atoms with Crippen LogP contribution in [-0.4, -0.2) is 16.2 Å². The highest BCUT2D eigenvalue weighted by molar-refractivity contribution is 5.90. The van der Waals surface area contributed by atoms with Gasteiger partial charge in [-0.25, -0.2) is 0 Å². The lowest BCUT2D eigenvalue weighted by molar-refractivity contribution is -0.135. The van der Waals surface area contributed by atoms with Crippen molar-refractivity contribution in [2.45, 2.75) is 12.3 Å². The SMILES string of the molecule is O=C1C[C@H](c2cccc(O)c2)c2c(ccc3c(=O)c(-c4ccc(O)cc4)coc23)O1. The third kappa shape index (κ3) is 2.90. The first-order valence-corrected chi connectivity index (χ1v) is 9.38. The van der Waals surface area contributed by atoms with Crippen LogP contribution in [0.15, 0.2) is 76.1 Å². The summed E-state index contributed by atoms with van der Waals surface area (Å²) < 4.78 is 11.3. The molecule has 5 rings (SSSR count). The number of ether oxygens (including phenoxy) is 1. The third-order valence-electron chi connectivity index (χ3n) is 5.33. The average Bonchev–Trinajstić information content (AvgIpc) is 2.74. The van der Waals surface area contributed by atoms with Gasteiger partial charge in [-0.05, 0) is 47.5 Å². The lowest BCUT2D eigenvalue weighted by atomic mass is 9.85. The zero-order valence-corrected chi connectivity index (χ0v) is 15.7. The Kier molecular flexibility index (Phi) is 4.06. The minimum absolute atomic E-state index is 0.0684. The van der Waals surface area contributed by atoms with E-state index >= 15 is 0 Å². The number of phenolic OH excluding ortho intramolecular Hbond substituents is 2. The van der Waals surface area contributed by atoms with Gasteiger partial charge < -0.3 is 19.4 Å². The standard InChI is InChI=1S/C24H16O6/c25-15-6-4-13(5-7-15)19-12-29-24-17(23(19)28)8-9-20-22(24)18(11-21(27)30-20)14-2-1-3-16(26)10-14/h1-10,12,18,25-26H,11H2/t18-/m1/s1. The van der Waals surface area contributed by atoms with Gasteiger partial charge in [0.05, 0.1) is 17.4 Å². The molecule has 6 heteroatoms. The molecule has 0 radical (unpaired) electrons. The number of carbonyl (C=O) groups is 1. The molecule has 1 aromatic heterocycles. The summed E-state index contributed by atoms with van der Waals surface area (Å²) in [4.78, 5) is 25.4. The van der Waals surface area contributed by atoms with Crippen molar-refractivity contribution in [2.75, 3.05) is 0 Å². The summed E-state index contributed by atoms with van der Waals surface area (Å²) in [5, 5.41) is 19.7. The molecule has 0 amide bonds. The maximum absolute atomic E-state index is 13.2. The Hall–Kier alpha value is -4.06. The van der Waals surface area contributed by atoms with E-state index in [2.05, 4.69) is 0 Å². The lowest BCUT2D eigenvalue weighted by Gasteiger charge is -2.25. The molecule has 4 aromatic rings. The Labute approximate surface area is 170 Å². The Morgan fingerprint density at radius 3 is 2.47 bits per heavy atom. The minimum atomic E-state index is -0.417. The molecule has 0 saturated carbocycles. The van der Waals surface area contributed by atoms with E-state index in [0.29, 0.717) is 33.4 Å². The topological polar surface area (TPSA) is 97.0 Å². The Bertz CT molecular complexity index is 1350. The molecule has 6 nitrogen and oxygen atoms in total. The molecule has 0 fully saturated rings. The minimum Gasteiger partial charge on any atom is -0.508 e. The Morgan fingerprint density at radius 1 is 0.900 bits per heavy atom. The number of rotatable bonds is 2. The summed E-state index contributed by atoms with van der Waals surface area (Å²) in [5.74, 6) is -0.274. The number of hydrogen-bond donors (Lipinski definition) is 2. The summed E-state index contributed by atoms with van der Waals surface area (Å²) in [6.45, 7) is 0. The van der Waals surface area contributed by atoms with Gasteiger partial charge in [-0.3, -0.25) is 9.59 Å². The fourth-order valence-corrected chi connectivity index (χ4v) is 3.92. The van der Waals surface area contributed by atoms with Gasteiger partial charge in [-0.15, -0.1) is 0 Å². The molecule has 0 unspecified atom stereocenters. The van der Waals surface area contributed by atoms with Crippen LogP contribution in [0.2, 0.25) is 0 Å². The number of phenols is 2. The van der Waals surface area contributed by atoms with Gasteiger partial charge in [-0.1, -0.05) is 24.3 Å². The van der Waals surface area contributed by atoms with Crippen LogP contribution in [0.5, 0.6) is 17.2 Å². The number of hydrogen-bond acceptors (Lipinski definition) is 6. The van der Waals surface area contributed by atoms with E-state index in [4.69, 9.17) is 9.15 Å². The molecule has 0 saturated heterocycles. The van der Waals surface area contributed by atoms with E-state index < -0.39 is 11.9 Å². The summed E-state index contributed by atoms with van der Waals surface area (Å²) in [5.41, 5.74) is 2.44. The molecule has 3 aromatic carbocycles. The smallest absolute Gasteiger partial charge is 0.312 e. The zero-order chi connectivity index (χ0) is 20.8.